The fourth-order valence-corrected chi connectivity index (χ4v) is 5.37. The van der Waals surface area contributed by atoms with E-state index < -0.39 is 6.10 Å². The molecule has 5 aromatic rings. The number of nitrogen functional groups attached to an aromatic ring is 1. The van der Waals surface area contributed by atoms with Crippen LogP contribution >= 0.6 is 0 Å². The number of imidazole rings is 1. The largest absolute Gasteiger partial charge is 0.471 e. The third kappa shape index (κ3) is 6.22. The van der Waals surface area contributed by atoms with Gasteiger partial charge in [0, 0.05) is 5.92 Å². The van der Waals surface area contributed by atoms with Crippen molar-refractivity contribution in [1.82, 2.24) is 19.5 Å². The van der Waals surface area contributed by atoms with Crippen LogP contribution in [-0.4, -0.2) is 43.4 Å². The summed E-state index contributed by atoms with van der Waals surface area (Å²) in [7, 11) is 0. The summed E-state index contributed by atoms with van der Waals surface area (Å²) in [4.78, 5) is 13.3. The van der Waals surface area contributed by atoms with Gasteiger partial charge in [-0.1, -0.05) is 91.0 Å². The highest BCUT2D eigenvalue weighted by Crippen LogP contribution is 2.40. The number of ether oxygens (including phenoxy) is 3. The zero-order chi connectivity index (χ0) is 28.0. The van der Waals surface area contributed by atoms with Gasteiger partial charge < -0.3 is 29.6 Å². The minimum atomic E-state index is -0.756. The smallest absolute Gasteiger partial charge is 0.247 e. The molecule has 9 nitrogen and oxygen atoms in total. The molecule has 1 aliphatic rings. The van der Waals surface area contributed by atoms with Crippen molar-refractivity contribution in [2.24, 2.45) is 5.92 Å². The SMILES string of the molecule is Nc1nc(OCc2ccccc2)c2ncn([C@@H]3C[C@@H](OCc4ccccc4)[C@H](COCc4ccccc4)[C@@H]3O)c2n1. The first-order valence-electron chi connectivity index (χ1n) is 13.8. The van der Waals surface area contributed by atoms with Gasteiger partial charge in [-0.2, -0.15) is 9.97 Å². The molecule has 0 radical (unpaired) electrons. The minimum absolute atomic E-state index is 0.0782. The van der Waals surface area contributed by atoms with Crippen molar-refractivity contribution in [2.75, 3.05) is 12.3 Å². The molecule has 41 heavy (non-hydrogen) atoms. The molecule has 0 spiro atoms. The van der Waals surface area contributed by atoms with Gasteiger partial charge in [-0.05, 0) is 23.1 Å². The van der Waals surface area contributed by atoms with Crippen LogP contribution in [0.2, 0.25) is 0 Å². The number of hydrogen-bond acceptors (Lipinski definition) is 8. The van der Waals surface area contributed by atoms with Gasteiger partial charge in [0.25, 0.3) is 0 Å². The molecular weight excluding hydrogens is 518 g/mol. The monoisotopic (exact) mass is 551 g/mol. The molecule has 3 aromatic carbocycles. The highest BCUT2D eigenvalue weighted by atomic mass is 16.5. The second kappa shape index (κ2) is 12.5. The fraction of sp³-hybridized carbons (Fsp3) is 0.281. The van der Waals surface area contributed by atoms with Crippen molar-refractivity contribution in [1.29, 1.82) is 0 Å². The average molecular weight is 552 g/mol. The van der Waals surface area contributed by atoms with E-state index in [9.17, 15) is 5.11 Å². The lowest BCUT2D eigenvalue weighted by atomic mass is 10.0. The molecule has 0 saturated heterocycles. The molecule has 0 unspecified atom stereocenters. The van der Waals surface area contributed by atoms with Crippen LogP contribution in [0, 0.1) is 5.92 Å². The zero-order valence-corrected chi connectivity index (χ0v) is 22.6. The summed E-state index contributed by atoms with van der Waals surface area (Å²) in [5.41, 5.74) is 10.2. The Balaban J connectivity index is 1.23. The summed E-state index contributed by atoms with van der Waals surface area (Å²) in [5.74, 6) is 0.134. The molecule has 1 fully saturated rings. The van der Waals surface area contributed by atoms with Crippen LogP contribution in [0.15, 0.2) is 97.3 Å². The third-order valence-corrected chi connectivity index (χ3v) is 7.50. The molecule has 2 heterocycles. The van der Waals surface area contributed by atoms with E-state index in [4.69, 9.17) is 19.9 Å². The number of hydrogen-bond donors (Lipinski definition) is 2. The lowest BCUT2D eigenvalue weighted by Crippen LogP contribution is -2.31. The van der Waals surface area contributed by atoms with Crippen LogP contribution in [-0.2, 0) is 29.3 Å². The van der Waals surface area contributed by atoms with Crippen molar-refractivity contribution < 1.29 is 19.3 Å². The van der Waals surface area contributed by atoms with E-state index in [1.807, 2.05) is 95.6 Å². The average Bonchev–Trinajstić information content (AvgIpc) is 3.56. The molecule has 210 valence electrons. The van der Waals surface area contributed by atoms with Crippen LogP contribution < -0.4 is 10.5 Å². The van der Waals surface area contributed by atoms with Gasteiger partial charge in [-0.15, -0.1) is 0 Å². The van der Waals surface area contributed by atoms with Crippen LogP contribution in [0.4, 0.5) is 5.95 Å². The van der Waals surface area contributed by atoms with Crippen LogP contribution in [0.1, 0.15) is 29.2 Å². The molecule has 3 N–H and O–H groups in total. The number of benzene rings is 3. The number of fused-ring (bicyclic) bond motifs is 1. The summed E-state index contributed by atoms with van der Waals surface area (Å²) in [6.45, 7) is 1.57. The molecule has 0 aliphatic heterocycles. The molecule has 1 saturated carbocycles. The van der Waals surface area contributed by atoms with Crippen LogP contribution in [0.5, 0.6) is 5.88 Å². The second-order valence-corrected chi connectivity index (χ2v) is 10.3. The minimum Gasteiger partial charge on any atom is -0.471 e. The molecular formula is C32H33N5O4. The lowest BCUT2D eigenvalue weighted by Gasteiger charge is -2.23. The first kappa shape index (κ1) is 26.9. The molecule has 0 amide bonds. The Labute approximate surface area is 238 Å². The van der Waals surface area contributed by atoms with E-state index in [0.29, 0.717) is 49.9 Å². The van der Waals surface area contributed by atoms with Gasteiger partial charge in [-0.3, -0.25) is 0 Å². The van der Waals surface area contributed by atoms with Crippen molar-refractivity contribution in [2.45, 2.75) is 44.5 Å². The molecule has 4 atom stereocenters. The van der Waals surface area contributed by atoms with E-state index >= 15 is 0 Å². The van der Waals surface area contributed by atoms with E-state index in [2.05, 4.69) is 15.0 Å². The Morgan fingerprint density at radius 1 is 0.805 bits per heavy atom. The van der Waals surface area contributed by atoms with E-state index in [-0.39, 0.29) is 24.0 Å². The van der Waals surface area contributed by atoms with E-state index in [1.54, 1.807) is 6.33 Å². The van der Waals surface area contributed by atoms with Gasteiger partial charge in [-0.25, -0.2) is 4.98 Å². The standard InChI is InChI=1S/C32H33N5O4/c33-32-35-30-28(31(36-32)41-19-24-14-8-3-9-15-24)34-21-37(30)26-16-27(40-18-23-12-6-2-7-13-23)25(29(26)38)20-39-17-22-10-4-1-5-11-22/h1-15,21,25-27,29,38H,16-20H2,(H2,33,35,36)/t25-,26+,27+,29-/m0/s1. The highest BCUT2D eigenvalue weighted by molar-refractivity contribution is 5.77. The maximum atomic E-state index is 11.6. The molecule has 9 heteroatoms. The summed E-state index contributed by atoms with van der Waals surface area (Å²) in [5, 5.41) is 11.6. The number of aliphatic hydroxyl groups excluding tert-OH is 1. The van der Waals surface area contributed by atoms with Gasteiger partial charge >= 0.3 is 0 Å². The molecule has 6 rings (SSSR count). The van der Waals surface area contributed by atoms with Crippen molar-refractivity contribution in [3.05, 3.63) is 114 Å². The van der Waals surface area contributed by atoms with Gasteiger partial charge in [0.2, 0.25) is 11.8 Å². The lowest BCUT2D eigenvalue weighted by molar-refractivity contribution is -0.0475. The number of nitrogens with two attached hydrogens (primary N) is 1. The predicted molar refractivity (Wildman–Crippen MR) is 155 cm³/mol. The zero-order valence-electron chi connectivity index (χ0n) is 22.6. The Morgan fingerprint density at radius 2 is 1.41 bits per heavy atom. The second-order valence-electron chi connectivity index (χ2n) is 10.3. The first-order valence-corrected chi connectivity index (χ1v) is 13.8. The Morgan fingerprint density at radius 3 is 2.07 bits per heavy atom. The van der Waals surface area contributed by atoms with Gasteiger partial charge in [0.15, 0.2) is 11.2 Å². The van der Waals surface area contributed by atoms with E-state index in [0.717, 1.165) is 16.7 Å². The molecule has 0 bridgehead atoms. The number of nitrogens with zero attached hydrogens (tertiary/aromatic N) is 4. The van der Waals surface area contributed by atoms with Crippen molar-refractivity contribution in [3.63, 3.8) is 0 Å². The van der Waals surface area contributed by atoms with E-state index in [1.165, 1.54) is 0 Å². The normalized spacial score (nSPS) is 20.4. The number of aliphatic hydroxyl groups is 1. The summed E-state index contributed by atoms with van der Waals surface area (Å²) < 4.78 is 20.3. The van der Waals surface area contributed by atoms with Gasteiger partial charge in [0.05, 0.1) is 44.4 Å². The number of rotatable bonds is 11. The third-order valence-electron chi connectivity index (χ3n) is 7.50. The predicted octanol–water partition coefficient (Wildman–Crippen LogP) is 4.71. The quantitative estimate of drug-likeness (QED) is 0.242. The Hall–Kier alpha value is -4.31. The van der Waals surface area contributed by atoms with Gasteiger partial charge in [0.1, 0.15) is 6.61 Å². The first-order chi connectivity index (χ1) is 20.2. The fourth-order valence-electron chi connectivity index (χ4n) is 5.37. The Bertz CT molecular complexity index is 1550. The maximum absolute atomic E-state index is 11.6. The summed E-state index contributed by atoms with van der Waals surface area (Å²) >= 11 is 0. The summed E-state index contributed by atoms with van der Waals surface area (Å²) in [6, 6.07) is 29.5. The maximum Gasteiger partial charge on any atom is 0.247 e. The number of anilines is 1. The Kier molecular flexibility index (Phi) is 8.18. The summed E-state index contributed by atoms with van der Waals surface area (Å²) in [6.07, 6.45) is 1.23. The van der Waals surface area contributed by atoms with Crippen LogP contribution in [0.3, 0.4) is 0 Å². The van der Waals surface area contributed by atoms with Crippen molar-refractivity contribution in [3.8, 4) is 5.88 Å². The highest BCUT2D eigenvalue weighted by Gasteiger charge is 2.45. The topological polar surface area (TPSA) is 118 Å². The van der Waals surface area contributed by atoms with Crippen LogP contribution in [0.25, 0.3) is 11.2 Å². The number of aromatic nitrogens is 4. The molecule has 1 aliphatic carbocycles. The van der Waals surface area contributed by atoms with Crippen molar-refractivity contribution >= 4 is 17.1 Å². The molecule has 2 aromatic heterocycles.